The van der Waals surface area contributed by atoms with E-state index in [1.807, 2.05) is 36.0 Å². The number of carbonyl (C=O) groups excluding carboxylic acids is 1. The highest BCUT2D eigenvalue weighted by Crippen LogP contribution is 2.29. The maximum atomic E-state index is 12.5. The van der Waals surface area contributed by atoms with Gasteiger partial charge in [-0.15, -0.1) is 0 Å². The molecule has 0 aliphatic carbocycles. The van der Waals surface area contributed by atoms with Gasteiger partial charge >= 0.3 is 0 Å². The molecule has 4 rings (SSSR count). The fraction of sp³-hybridized carbons (Fsp3) is 0.150. The smallest absolute Gasteiger partial charge is 0.257 e. The van der Waals surface area contributed by atoms with Gasteiger partial charge in [-0.3, -0.25) is 10.1 Å². The minimum Gasteiger partial charge on any atom is -0.497 e. The number of carbonyl (C=O) groups is 1. The van der Waals surface area contributed by atoms with Crippen LogP contribution in [-0.4, -0.2) is 27.6 Å². The summed E-state index contributed by atoms with van der Waals surface area (Å²) in [4.78, 5) is 21.1. The first kappa shape index (κ1) is 18.0. The normalized spacial score (nSPS) is 10.8. The quantitative estimate of drug-likeness (QED) is 0.537. The van der Waals surface area contributed by atoms with Crippen LogP contribution in [0.2, 0.25) is 0 Å². The number of nitrogens with zero attached hydrogens (tertiary/aromatic N) is 3. The number of methoxy groups -OCH3 is 1. The van der Waals surface area contributed by atoms with E-state index in [2.05, 4.69) is 15.3 Å². The standard InChI is InChI=1S/C20H18N4O3S/c1-24-10-9-21-18(24)12-27-14-5-3-13(4-6-14)19(25)23-20-22-16-8-7-15(26-2)11-17(16)28-20/h3-11H,12H2,1-2H3,(H,22,23,25). The van der Waals surface area contributed by atoms with E-state index in [1.165, 1.54) is 11.3 Å². The topological polar surface area (TPSA) is 78.3 Å². The van der Waals surface area contributed by atoms with Crippen molar-refractivity contribution in [2.45, 2.75) is 6.61 Å². The van der Waals surface area contributed by atoms with Gasteiger partial charge in [-0.05, 0) is 42.5 Å². The highest BCUT2D eigenvalue weighted by Gasteiger charge is 2.11. The van der Waals surface area contributed by atoms with Gasteiger partial charge in [0.15, 0.2) is 5.13 Å². The van der Waals surface area contributed by atoms with Crippen molar-refractivity contribution in [3.63, 3.8) is 0 Å². The predicted molar refractivity (Wildman–Crippen MR) is 108 cm³/mol. The molecule has 28 heavy (non-hydrogen) atoms. The Kier molecular flexibility index (Phi) is 4.94. The summed E-state index contributed by atoms with van der Waals surface area (Å²) in [5, 5.41) is 3.38. The fourth-order valence-corrected chi connectivity index (χ4v) is 3.53. The van der Waals surface area contributed by atoms with E-state index < -0.39 is 0 Å². The second-order valence-electron chi connectivity index (χ2n) is 6.07. The first-order valence-corrected chi connectivity index (χ1v) is 9.39. The van der Waals surface area contributed by atoms with E-state index in [4.69, 9.17) is 9.47 Å². The number of benzene rings is 2. The molecule has 0 bridgehead atoms. The Labute approximate surface area is 165 Å². The van der Waals surface area contributed by atoms with Gasteiger partial charge in [-0.1, -0.05) is 11.3 Å². The number of amides is 1. The van der Waals surface area contributed by atoms with Crippen molar-refractivity contribution in [3.8, 4) is 11.5 Å². The van der Waals surface area contributed by atoms with Crippen molar-refractivity contribution in [1.29, 1.82) is 0 Å². The van der Waals surface area contributed by atoms with Crippen molar-refractivity contribution >= 4 is 32.6 Å². The molecule has 7 nitrogen and oxygen atoms in total. The number of hydrogen-bond donors (Lipinski definition) is 1. The first-order valence-electron chi connectivity index (χ1n) is 8.57. The number of anilines is 1. The van der Waals surface area contributed by atoms with Gasteiger partial charge in [-0.25, -0.2) is 9.97 Å². The molecule has 2 aromatic carbocycles. The molecular formula is C20H18N4O3S. The molecule has 0 radical (unpaired) electrons. The zero-order chi connectivity index (χ0) is 19.5. The minimum absolute atomic E-state index is 0.221. The number of ether oxygens (including phenoxy) is 2. The van der Waals surface area contributed by atoms with Gasteiger partial charge in [0.25, 0.3) is 5.91 Å². The average molecular weight is 394 g/mol. The third kappa shape index (κ3) is 3.81. The summed E-state index contributed by atoms with van der Waals surface area (Å²) in [5.74, 6) is 2.04. The van der Waals surface area contributed by atoms with Gasteiger partial charge in [-0.2, -0.15) is 0 Å². The number of aryl methyl sites for hydroxylation is 1. The Morgan fingerprint density at radius 1 is 1.18 bits per heavy atom. The molecule has 0 aliphatic rings. The van der Waals surface area contributed by atoms with Crippen LogP contribution in [0.1, 0.15) is 16.2 Å². The third-order valence-corrected chi connectivity index (χ3v) is 5.16. The van der Waals surface area contributed by atoms with Gasteiger partial charge in [0, 0.05) is 25.0 Å². The number of aromatic nitrogens is 3. The molecule has 0 aliphatic heterocycles. The molecule has 0 fully saturated rings. The lowest BCUT2D eigenvalue weighted by Gasteiger charge is -2.07. The number of imidazole rings is 1. The molecule has 0 spiro atoms. The Morgan fingerprint density at radius 3 is 2.68 bits per heavy atom. The van der Waals surface area contributed by atoms with Gasteiger partial charge in [0.2, 0.25) is 0 Å². The maximum Gasteiger partial charge on any atom is 0.257 e. The Balaban J connectivity index is 1.41. The Bertz CT molecular complexity index is 1120. The molecule has 0 saturated heterocycles. The molecule has 2 heterocycles. The largest absolute Gasteiger partial charge is 0.497 e. The van der Waals surface area contributed by atoms with Gasteiger partial charge in [0.05, 0.1) is 17.3 Å². The van der Waals surface area contributed by atoms with Crippen LogP contribution in [0.4, 0.5) is 5.13 Å². The van der Waals surface area contributed by atoms with E-state index in [0.29, 0.717) is 23.1 Å². The first-order chi connectivity index (χ1) is 13.6. The number of thiazole rings is 1. The van der Waals surface area contributed by atoms with Crippen molar-refractivity contribution in [1.82, 2.24) is 14.5 Å². The van der Waals surface area contributed by atoms with E-state index >= 15 is 0 Å². The average Bonchev–Trinajstić information content (AvgIpc) is 3.31. The zero-order valence-electron chi connectivity index (χ0n) is 15.4. The van der Waals surface area contributed by atoms with E-state index in [9.17, 15) is 4.79 Å². The van der Waals surface area contributed by atoms with Crippen molar-refractivity contribution in [3.05, 3.63) is 66.2 Å². The summed E-state index contributed by atoms with van der Waals surface area (Å²) >= 11 is 1.40. The van der Waals surface area contributed by atoms with Crippen LogP contribution in [0.15, 0.2) is 54.9 Å². The highest BCUT2D eigenvalue weighted by molar-refractivity contribution is 7.22. The molecule has 1 amide bonds. The van der Waals surface area contributed by atoms with Crippen LogP contribution >= 0.6 is 11.3 Å². The van der Waals surface area contributed by atoms with Crippen molar-refractivity contribution in [2.24, 2.45) is 7.05 Å². The van der Waals surface area contributed by atoms with E-state index in [-0.39, 0.29) is 5.91 Å². The summed E-state index contributed by atoms with van der Waals surface area (Å²) in [6.45, 7) is 0.365. The highest BCUT2D eigenvalue weighted by atomic mass is 32.1. The molecule has 1 N–H and O–H groups in total. The second kappa shape index (κ2) is 7.69. The number of rotatable bonds is 6. The lowest BCUT2D eigenvalue weighted by Crippen LogP contribution is -2.11. The minimum atomic E-state index is -0.221. The van der Waals surface area contributed by atoms with Crippen LogP contribution in [0.5, 0.6) is 11.5 Å². The molecular weight excluding hydrogens is 376 g/mol. The van der Waals surface area contributed by atoms with Gasteiger partial charge < -0.3 is 14.0 Å². The summed E-state index contributed by atoms with van der Waals surface area (Å²) in [6.07, 6.45) is 3.59. The summed E-state index contributed by atoms with van der Waals surface area (Å²) in [5.41, 5.74) is 1.35. The lowest BCUT2D eigenvalue weighted by molar-refractivity contribution is 0.102. The molecule has 0 saturated carbocycles. The molecule has 4 aromatic rings. The summed E-state index contributed by atoms with van der Waals surface area (Å²) in [6, 6.07) is 12.6. The third-order valence-electron chi connectivity index (χ3n) is 4.22. The van der Waals surface area contributed by atoms with Gasteiger partial charge in [0.1, 0.15) is 23.9 Å². The van der Waals surface area contributed by atoms with E-state index in [1.54, 1.807) is 37.6 Å². The Hall–Kier alpha value is -3.39. The summed E-state index contributed by atoms with van der Waals surface area (Å²) < 4.78 is 13.8. The van der Waals surface area contributed by atoms with E-state index in [0.717, 1.165) is 21.8 Å². The number of hydrogen-bond acceptors (Lipinski definition) is 6. The van der Waals surface area contributed by atoms with Crippen LogP contribution in [0.25, 0.3) is 10.2 Å². The maximum absolute atomic E-state index is 12.5. The fourth-order valence-electron chi connectivity index (χ4n) is 2.64. The molecule has 2 aromatic heterocycles. The Morgan fingerprint density at radius 2 is 1.96 bits per heavy atom. The zero-order valence-corrected chi connectivity index (χ0v) is 16.2. The molecule has 142 valence electrons. The van der Waals surface area contributed by atoms with Crippen LogP contribution < -0.4 is 14.8 Å². The SMILES string of the molecule is COc1ccc2nc(NC(=O)c3ccc(OCc4nccn4C)cc3)sc2c1. The number of nitrogens with one attached hydrogen (secondary N) is 1. The number of fused-ring (bicyclic) bond motifs is 1. The predicted octanol–water partition coefficient (Wildman–Crippen LogP) is 3.87. The van der Waals surface area contributed by atoms with Crippen LogP contribution in [-0.2, 0) is 13.7 Å². The molecule has 0 atom stereocenters. The lowest BCUT2D eigenvalue weighted by atomic mass is 10.2. The van der Waals surface area contributed by atoms with Crippen LogP contribution in [0.3, 0.4) is 0 Å². The van der Waals surface area contributed by atoms with Crippen molar-refractivity contribution < 1.29 is 14.3 Å². The second-order valence-corrected chi connectivity index (χ2v) is 7.10. The van der Waals surface area contributed by atoms with Crippen molar-refractivity contribution in [2.75, 3.05) is 12.4 Å². The van der Waals surface area contributed by atoms with Crippen LogP contribution in [0, 0.1) is 0 Å². The molecule has 8 heteroatoms. The monoisotopic (exact) mass is 394 g/mol. The summed E-state index contributed by atoms with van der Waals surface area (Å²) in [7, 11) is 3.53. The molecule has 0 unspecified atom stereocenters.